The number of rotatable bonds is 8. The number of nitrogens with one attached hydrogen (secondary N) is 1. The largest absolute Gasteiger partial charge is 0.360 e. The third-order valence-corrected chi connectivity index (χ3v) is 8.23. The lowest BCUT2D eigenvalue weighted by Gasteiger charge is -2.15. The van der Waals surface area contributed by atoms with E-state index in [0.717, 1.165) is 58.1 Å². The number of hydrogen-bond acceptors (Lipinski definition) is 4. The zero-order valence-corrected chi connectivity index (χ0v) is 22.1. The molecule has 0 bridgehead atoms. The summed E-state index contributed by atoms with van der Waals surface area (Å²) >= 11 is 0. The third kappa shape index (κ3) is 5.47. The average molecular weight is 497 g/mol. The summed E-state index contributed by atoms with van der Waals surface area (Å²) in [5.41, 5.74) is 5.72. The second-order valence-electron chi connectivity index (χ2n) is 10.5. The van der Waals surface area contributed by atoms with E-state index in [9.17, 15) is 4.79 Å². The number of ether oxygens (including phenoxy) is 1. The van der Waals surface area contributed by atoms with Crippen LogP contribution in [0.3, 0.4) is 0 Å². The minimum atomic E-state index is -1.16. The second kappa shape index (κ2) is 10.2. The normalized spacial score (nSPS) is 18.8. The van der Waals surface area contributed by atoms with Crippen LogP contribution in [-0.2, 0) is 16.3 Å². The van der Waals surface area contributed by atoms with E-state index < -0.39 is 8.07 Å². The molecule has 0 saturated carbocycles. The van der Waals surface area contributed by atoms with E-state index in [1.165, 1.54) is 0 Å². The van der Waals surface area contributed by atoms with E-state index in [1.807, 2.05) is 47.2 Å². The van der Waals surface area contributed by atoms with Gasteiger partial charge in [-0.25, -0.2) is 4.68 Å². The van der Waals surface area contributed by atoms with Crippen molar-refractivity contribution in [1.29, 1.82) is 0 Å². The Hall–Kier alpha value is -3.55. The highest BCUT2D eigenvalue weighted by atomic mass is 28.3. The number of carbonyl (C=O) groups is 1. The van der Waals surface area contributed by atoms with E-state index in [1.54, 1.807) is 12.4 Å². The SMILES string of the molecule is C[Si](C)(C)CCOCn1nc(/C=C/c2ccncc2)c2cc(C=C3C(=O)NC4=CC=CCC43)ccc21. The molecule has 2 aromatic heterocycles. The molecule has 36 heavy (non-hydrogen) atoms. The summed E-state index contributed by atoms with van der Waals surface area (Å²) in [5, 5.41) is 8.92. The Morgan fingerprint density at radius 1 is 1.14 bits per heavy atom. The smallest absolute Gasteiger partial charge is 0.252 e. The summed E-state index contributed by atoms with van der Waals surface area (Å²) in [4.78, 5) is 16.8. The maximum Gasteiger partial charge on any atom is 0.252 e. The van der Waals surface area contributed by atoms with Crippen molar-refractivity contribution < 1.29 is 9.53 Å². The summed E-state index contributed by atoms with van der Waals surface area (Å²) in [5.74, 6) is 0.0890. The fraction of sp³-hybridized carbons (Fsp3) is 0.276. The molecule has 7 heteroatoms. The average Bonchev–Trinajstić information content (AvgIpc) is 3.37. The van der Waals surface area contributed by atoms with Crippen LogP contribution < -0.4 is 5.32 Å². The number of benzene rings is 1. The zero-order chi connectivity index (χ0) is 25.1. The molecule has 1 aromatic carbocycles. The number of fused-ring (bicyclic) bond motifs is 2. The molecule has 1 atom stereocenters. The van der Waals surface area contributed by atoms with E-state index in [0.29, 0.717) is 6.73 Å². The maximum absolute atomic E-state index is 12.7. The highest BCUT2D eigenvalue weighted by molar-refractivity contribution is 6.76. The Morgan fingerprint density at radius 2 is 1.97 bits per heavy atom. The first-order valence-electron chi connectivity index (χ1n) is 12.4. The number of aromatic nitrogens is 3. The van der Waals surface area contributed by atoms with Crippen LogP contribution >= 0.6 is 0 Å². The van der Waals surface area contributed by atoms with Gasteiger partial charge >= 0.3 is 0 Å². The van der Waals surface area contributed by atoms with E-state index in [2.05, 4.69) is 54.2 Å². The van der Waals surface area contributed by atoms with Crippen LogP contribution in [0, 0.1) is 5.92 Å². The number of amides is 1. The molecule has 1 amide bonds. The summed E-state index contributed by atoms with van der Waals surface area (Å²) in [6.45, 7) is 8.21. The van der Waals surface area contributed by atoms with Crippen LogP contribution in [0.25, 0.3) is 29.1 Å². The van der Waals surface area contributed by atoms with E-state index >= 15 is 0 Å². The Morgan fingerprint density at radius 3 is 2.78 bits per heavy atom. The molecule has 3 aromatic rings. The van der Waals surface area contributed by atoms with Gasteiger partial charge in [-0.05, 0) is 66.1 Å². The molecular formula is C29H32N4O2Si. The Kier molecular flexibility index (Phi) is 6.85. The van der Waals surface area contributed by atoms with Gasteiger partial charge in [-0.2, -0.15) is 5.10 Å². The van der Waals surface area contributed by atoms with Crippen molar-refractivity contribution in [3.05, 3.63) is 89.0 Å². The number of carbonyl (C=O) groups excluding carboxylic acids is 1. The second-order valence-corrected chi connectivity index (χ2v) is 16.1. The number of pyridine rings is 1. The lowest BCUT2D eigenvalue weighted by atomic mass is 9.91. The van der Waals surface area contributed by atoms with Crippen molar-refractivity contribution in [2.24, 2.45) is 5.92 Å². The molecule has 1 unspecified atom stereocenters. The Labute approximate surface area is 213 Å². The molecule has 0 spiro atoms. The van der Waals surface area contributed by atoms with Gasteiger partial charge in [-0.1, -0.05) is 43.9 Å². The predicted molar refractivity (Wildman–Crippen MR) is 148 cm³/mol. The van der Waals surface area contributed by atoms with Crippen molar-refractivity contribution in [2.75, 3.05) is 6.61 Å². The van der Waals surface area contributed by atoms with Crippen LogP contribution in [0.1, 0.15) is 23.2 Å². The fourth-order valence-electron chi connectivity index (χ4n) is 4.47. The van der Waals surface area contributed by atoms with Gasteiger partial charge < -0.3 is 10.1 Å². The van der Waals surface area contributed by atoms with Gasteiger partial charge in [0.15, 0.2) is 0 Å². The topological polar surface area (TPSA) is 69.0 Å². The van der Waals surface area contributed by atoms with Crippen molar-refractivity contribution in [1.82, 2.24) is 20.1 Å². The molecule has 1 aliphatic heterocycles. The van der Waals surface area contributed by atoms with Crippen molar-refractivity contribution in [3.8, 4) is 0 Å². The first kappa shape index (κ1) is 24.2. The van der Waals surface area contributed by atoms with Crippen LogP contribution in [0.15, 0.2) is 72.2 Å². The number of nitrogens with zero attached hydrogens (tertiary/aromatic N) is 3. The van der Waals surface area contributed by atoms with Gasteiger partial charge in [0.25, 0.3) is 5.91 Å². The molecule has 1 N–H and O–H groups in total. The summed E-state index contributed by atoms with van der Waals surface area (Å²) < 4.78 is 7.94. The van der Waals surface area contributed by atoms with Gasteiger partial charge in [0.1, 0.15) is 6.73 Å². The van der Waals surface area contributed by atoms with Crippen LogP contribution in [0.5, 0.6) is 0 Å². The number of hydrogen-bond donors (Lipinski definition) is 1. The van der Waals surface area contributed by atoms with Crippen LogP contribution in [0.4, 0.5) is 0 Å². The minimum absolute atomic E-state index is 0.0145. The molecule has 184 valence electrons. The molecule has 6 nitrogen and oxygen atoms in total. The van der Waals surface area contributed by atoms with Gasteiger partial charge in [0.2, 0.25) is 0 Å². The van der Waals surface area contributed by atoms with Crippen molar-refractivity contribution in [3.63, 3.8) is 0 Å². The summed E-state index contributed by atoms with van der Waals surface area (Å²) in [7, 11) is -1.16. The highest BCUT2D eigenvalue weighted by Gasteiger charge is 2.32. The summed E-state index contributed by atoms with van der Waals surface area (Å²) in [6, 6.07) is 11.3. The maximum atomic E-state index is 12.7. The standard InChI is InChI=1S/C29H32N4O2Si/c1-36(2,3)17-16-35-20-33-28-11-9-22(18-24-23-6-4-5-7-26(23)31-29(24)34)19-25(28)27(32-33)10-8-21-12-14-30-15-13-21/h4-5,7-15,18-19,23H,6,16-17,20H2,1-3H3,(H,31,34)/b10-8+,24-18?. The van der Waals surface area contributed by atoms with Crippen molar-refractivity contribution in [2.45, 2.75) is 38.8 Å². The molecule has 3 heterocycles. The lowest BCUT2D eigenvalue weighted by Crippen LogP contribution is -2.22. The molecule has 2 aliphatic rings. The lowest BCUT2D eigenvalue weighted by molar-refractivity contribution is -0.115. The van der Waals surface area contributed by atoms with Gasteiger partial charge in [0, 0.05) is 49.6 Å². The van der Waals surface area contributed by atoms with Crippen LogP contribution in [0.2, 0.25) is 25.7 Å². The fourth-order valence-corrected chi connectivity index (χ4v) is 5.23. The monoisotopic (exact) mass is 496 g/mol. The van der Waals surface area contributed by atoms with Crippen LogP contribution in [-0.4, -0.2) is 35.4 Å². The minimum Gasteiger partial charge on any atom is -0.360 e. The summed E-state index contributed by atoms with van der Waals surface area (Å²) in [6.07, 6.45) is 16.6. The first-order valence-corrected chi connectivity index (χ1v) is 16.1. The van der Waals surface area contributed by atoms with Crippen molar-refractivity contribution >= 4 is 43.1 Å². The molecular weight excluding hydrogens is 464 g/mol. The molecule has 1 saturated heterocycles. The number of allylic oxidation sites excluding steroid dienone is 4. The van der Waals surface area contributed by atoms with Gasteiger partial charge in [0.05, 0.1) is 11.2 Å². The molecule has 0 radical (unpaired) electrons. The van der Waals surface area contributed by atoms with Gasteiger partial charge in [-0.3, -0.25) is 9.78 Å². The Bertz CT molecular complexity index is 1390. The van der Waals surface area contributed by atoms with E-state index in [-0.39, 0.29) is 11.8 Å². The quantitative estimate of drug-likeness (QED) is 0.240. The third-order valence-electron chi connectivity index (χ3n) is 6.53. The zero-order valence-electron chi connectivity index (χ0n) is 21.1. The predicted octanol–water partition coefficient (Wildman–Crippen LogP) is 5.89. The highest BCUT2D eigenvalue weighted by Crippen LogP contribution is 2.34. The molecule has 5 rings (SSSR count). The van der Waals surface area contributed by atoms with Gasteiger partial charge in [-0.15, -0.1) is 0 Å². The molecule has 1 aliphatic carbocycles. The molecule has 1 fully saturated rings. The van der Waals surface area contributed by atoms with E-state index in [4.69, 9.17) is 9.84 Å². The first-order chi connectivity index (χ1) is 17.4. The Balaban J connectivity index is 1.47.